The van der Waals surface area contributed by atoms with Crippen LogP contribution in [0.2, 0.25) is 0 Å². The zero-order valence-corrected chi connectivity index (χ0v) is 29.4. The Hall–Kier alpha value is -6.04. The van der Waals surface area contributed by atoms with Crippen molar-refractivity contribution in [2.24, 2.45) is 0 Å². The predicted octanol–water partition coefficient (Wildman–Crippen LogP) is 7.26. The van der Waals surface area contributed by atoms with Gasteiger partial charge < -0.3 is 27.8 Å². The minimum absolute atomic E-state index is 0.0651. The summed E-state index contributed by atoms with van der Waals surface area (Å²) in [5, 5.41) is 9.55. The van der Waals surface area contributed by atoms with Crippen molar-refractivity contribution < 1.29 is 27.8 Å². The van der Waals surface area contributed by atoms with Crippen LogP contribution in [0.3, 0.4) is 0 Å². The van der Waals surface area contributed by atoms with Gasteiger partial charge in [0.15, 0.2) is 10.9 Å². The van der Waals surface area contributed by atoms with Crippen LogP contribution in [0.1, 0.15) is 17.7 Å². The van der Waals surface area contributed by atoms with Gasteiger partial charge in [-0.25, -0.2) is 4.68 Å². The zero-order valence-electron chi connectivity index (χ0n) is 29.4. The number of hydrogen-bond donors (Lipinski definition) is 0. The summed E-state index contributed by atoms with van der Waals surface area (Å²) in [6.45, 7) is 5.22. The Morgan fingerprint density at radius 1 is 0.623 bits per heavy atom. The van der Waals surface area contributed by atoms with E-state index in [1.807, 2.05) is 85.9 Å². The molecular weight excluding hydrogens is 674 g/mol. The van der Waals surface area contributed by atoms with E-state index in [1.165, 1.54) is 12.1 Å². The maximum Gasteiger partial charge on any atom is 0.193 e. The lowest BCUT2D eigenvalue weighted by molar-refractivity contribution is 0.0333. The van der Waals surface area contributed by atoms with Gasteiger partial charge in [-0.2, -0.15) is 0 Å². The molecular formula is C42H39N3O8. The lowest BCUT2D eigenvalue weighted by Crippen LogP contribution is -2.13. The number of hydrogen-bond acceptors (Lipinski definition) is 10. The predicted molar refractivity (Wildman–Crippen MR) is 202 cm³/mol. The molecule has 7 aromatic rings. The fourth-order valence-electron chi connectivity index (χ4n) is 5.80. The van der Waals surface area contributed by atoms with Crippen LogP contribution in [0.4, 0.5) is 0 Å². The normalized spacial score (nSPS) is 11.3. The Labute approximate surface area is 305 Å². The van der Waals surface area contributed by atoms with E-state index in [1.54, 1.807) is 22.9 Å². The highest BCUT2D eigenvalue weighted by Crippen LogP contribution is 2.26. The monoisotopic (exact) mass is 713 g/mol. The fraction of sp³-hybridized carbons (Fsp3) is 0.238. The van der Waals surface area contributed by atoms with Crippen LogP contribution in [0, 0.1) is 6.92 Å². The van der Waals surface area contributed by atoms with Gasteiger partial charge in [0.2, 0.25) is 0 Å². The van der Waals surface area contributed by atoms with Gasteiger partial charge in [0, 0.05) is 35.5 Å². The third kappa shape index (κ3) is 9.26. The second-order valence-electron chi connectivity index (χ2n) is 12.5. The lowest BCUT2D eigenvalue weighted by Gasteiger charge is -2.09. The highest BCUT2D eigenvalue weighted by molar-refractivity contribution is 5.80. The molecule has 0 saturated heterocycles. The van der Waals surface area contributed by atoms with Gasteiger partial charge in [-0.05, 0) is 68.3 Å². The smallest absolute Gasteiger partial charge is 0.193 e. The Balaban J connectivity index is 0.752. The Morgan fingerprint density at radius 2 is 1.30 bits per heavy atom. The van der Waals surface area contributed by atoms with E-state index >= 15 is 0 Å². The molecule has 4 aromatic carbocycles. The molecule has 0 aliphatic carbocycles. The van der Waals surface area contributed by atoms with Gasteiger partial charge in [-0.3, -0.25) is 9.59 Å². The van der Waals surface area contributed by atoms with Gasteiger partial charge >= 0.3 is 0 Å². The third-order valence-corrected chi connectivity index (χ3v) is 8.55. The van der Waals surface area contributed by atoms with Crippen molar-refractivity contribution >= 4 is 21.9 Å². The summed E-state index contributed by atoms with van der Waals surface area (Å²) in [5.74, 6) is 2.38. The van der Waals surface area contributed by atoms with Crippen LogP contribution >= 0.6 is 0 Å². The van der Waals surface area contributed by atoms with E-state index < -0.39 is 0 Å². The molecule has 7 rings (SSSR count). The van der Waals surface area contributed by atoms with Gasteiger partial charge in [0.05, 0.1) is 56.0 Å². The average molecular weight is 714 g/mol. The molecule has 0 saturated carbocycles. The van der Waals surface area contributed by atoms with Gasteiger partial charge in [-0.1, -0.05) is 47.2 Å². The molecule has 0 fully saturated rings. The summed E-state index contributed by atoms with van der Waals surface area (Å²) in [6.07, 6.45) is 3.38. The summed E-state index contributed by atoms with van der Waals surface area (Å²) < 4.78 is 36.8. The van der Waals surface area contributed by atoms with E-state index in [4.69, 9.17) is 27.8 Å². The van der Waals surface area contributed by atoms with Crippen molar-refractivity contribution in [3.05, 3.63) is 141 Å². The number of benzene rings is 4. The van der Waals surface area contributed by atoms with Gasteiger partial charge in [0.25, 0.3) is 0 Å². The fourth-order valence-corrected chi connectivity index (χ4v) is 5.80. The Kier molecular flexibility index (Phi) is 11.3. The molecule has 270 valence electrons. The maximum atomic E-state index is 12.6. The Morgan fingerprint density at radius 3 is 2.11 bits per heavy atom. The van der Waals surface area contributed by atoms with E-state index in [2.05, 4.69) is 10.3 Å². The summed E-state index contributed by atoms with van der Waals surface area (Å²) in [5.41, 5.74) is 4.43. The summed E-state index contributed by atoms with van der Waals surface area (Å²) in [4.78, 5) is 25.2. The number of ether oxygens (including phenoxy) is 4. The first-order valence-electron chi connectivity index (χ1n) is 17.6. The SMILES string of the molecule is Cc1ccc2oc(-c3ccc(OCCOCCOCCn4cc(CCCOc5ccc6c(=O)cc(-c7ccccc7)oc6c5)nn4)cc3)cc(=O)c2c1. The molecule has 53 heavy (non-hydrogen) atoms. The quantitative estimate of drug-likeness (QED) is 0.0890. The first-order chi connectivity index (χ1) is 26.0. The topological polar surface area (TPSA) is 128 Å². The average Bonchev–Trinajstić information content (AvgIpc) is 3.64. The molecule has 0 bridgehead atoms. The van der Waals surface area contributed by atoms with E-state index in [9.17, 15) is 9.59 Å². The van der Waals surface area contributed by atoms with Crippen LogP contribution in [0.5, 0.6) is 11.5 Å². The highest BCUT2D eigenvalue weighted by Gasteiger charge is 2.10. The lowest BCUT2D eigenvalue weighted by atomic mass is 10.1. The number of aromatic nitrogens is 3. The molecule has 0 atom stereocenters. The molecule has 0 aliphatic heterocycles. The third-order valence-electron chi connectivity index (χ3n) is 8.55. The molecule has 11 nitrogen and oxygen atoms in total. The molecule has 0 aliphatic rings. The Bertz CT molecular complexity index is 2400. The summed E-state index contributed by atoms with van der Waals surface area (Å²) >= 11 is 0. The van der Waals surface area contributed by atoms with E-state index in [0.29, 0.717) is 97.6 Å². The maximum absolute atomic E-state index is 12.6. The summed E-state index contributed by atoms with van der Waals surface area (Å²) in [7, 11) is 0. The first kappa shape index (κ1) is 35.4. The highest BCUT2D eigenvalue weighted by atomic mass is 16.5. The standard InChI is InChI=1S/C42H39N3O8/c1-29-9-16-39-36(24-29)38(47)27-41(52-39)31-10-12-33(13-11-31)51-23-22-49-21-20-48-19-17-45-28-32(43-44-45)8-5-18-50-34-14-15-35-37(46)26-40(53-42(35)25-34)30-6-3-2-4-7-30/h2-4,6-7,9-16,24-28H,5,8,17-23H2,1H3. The largest absolute Gasteiger partial charge is 0.493 e. The minimum Gasteiger partial charge on any atom is -0.493 e. The minimum atomic E-state index is -0.0907. The van der Waals surface area contributed by atoms with Gasteiger partial charge in [-0.15, -0.1) is 5.10 Å². The van der Waals surface area contributed by atoms with Crippen molar-refractivity contribution in [1.82, 2.24) is 15.0 Å². The van der Waals surface area contributed by atoms with Crippen molar-refractivity contribution in [2.75, 3.05) is 39.6 Å². The van der Waals surface area contributed by atoms with E-state index in [-0.39, 0.29) is 10.9 Å². The van der Waals surface area contributed by atoms with Crippen molar-refractivity contribution in [3.8, 4) is 34.1 Å². The summed E-state index contributed by atoms with van der Waals surface area (Å²) in [6, 6.07) is 30.9. The number of fused-ring (bicyclic) bond motifs is 2. The van der Waals surface area contributed by atoms with Crippen molar-refractivity contribution in [1.29, 1.82) is 0 Å². The number of nitrogens with zero attached hydrogens (tertiary/aromatic N) is 3. The van der Waals surface area contributed by atoms with Crippen LogP contribution in [-0.2, 0) is 22.4 Å². The van der Waals surface area contributed by atoms with Crippen LogP contribution < -0.4 is 20.3 Å². The van der Waals surface area contributed by atoms with Gasteiger partial charge in [0.1, 0.15) is 40.8 Å². The molecule has 0 unspecified atom stereocenters. The van der Waals surface area contributed by atoms with Crippen LogP contribution in [-0.4, -0.2) is 54.6 Å². The molecule has 3 heterocycles. The molecule has 0 N–H and O–H groups in total. The molecule has 0 radical (unpaired) electrons. The molecule has 3 aromatic heterocycles. The van der Waals surface area contributed by atoms with Crippen molar-refractivity contribution in [2.45, 2.75) is 26.3 Å². The van der Waals surface area contributed by atoms with E-state index in [0.717, 1.165) is 28.8 Å². The second-order valence-corrected chi connectivity index (χ2v) is 12.5. The molecule has 0 amide bonds. The second kappa shape index (κ2) is 17.0. The number of rotatable bonds is 17. The zero-order chi connectivity index (χ0) is 36.4. The van der Waals surface area contributed by atoms with Crippen molar-refractivity contribution in [3.63, 3.8) is 0 Å². The molecule has 11 heteroatoms. The first-order valence-corrected chi connectivity index (χ1v) is 17.6. The molecule has 0 spiro atoms. The van der Waals surface area contributed by atoms with Crippen LogP contribution in [0.15, 0.2) is 128 Å². The van der Waals surface area contributed by atoms with Crippen LogP contribution in [0.25, 0.3) is 44.6 Å². The number of aryl methyl sites for hydroxylation is 2.